The van der Waals surface area contributed by atoms with E-state index in [1.807, 2.05) is 6.92 Å². The lowest BCUT2D eigenvalue weighted by molar-refractivity contribution is 0.0697. The normalized spacial score (nSPS) is 17.3. The van der Waals surface area contributed by atoms with E-state index in [1.165, 1.54) is 0 Å². The monoisotopic (exact) mass is 235 g/mol. The Morgan fingerprint density at radius 2 is 2.18 bits per heavy atom. The van der Waals surface area contributed by atoms with Crippen LogP contribution in [0.5, 0.6) is 0 Å². The molecule has 0 amide bonds. The Hall–Kier alpha value is -1.55. The first kappa shape index (κ1) is 11.9. The molecule has 0 aromatic heterocycles. The van der Waals surface area contributed by atoms with E-state index in [9.17, 15) is 9.90 Å². The van der Waals surface area contributed by atoms with Gasteiger partial charge in [-0.2, -0.15) is 0 Å². The number of hydrogen-bond acceptors (Lipinski definition) is 3. The topological polar surface area (TPSA) is 69.6 Å². The molecule has 0 bridgehead atoms. The molecule has 1 fully saturated rings. The van der Waals surface area contributed by atoms with Crippen molar-refractivity contribution in [1.82, 2.24) is 0 Å². The Kier molecular flexibility index (Phi) is 3.07. The van der Waals surface area contributed by atoms with E-state index in [0.29, 0.717) is 5.56 Å². The zero-order valence-electron chi connectivity index (χ0n) is 9.86. The Balaban J connectivity index is 2.19. The first-order valence-electron chi connectivity index (χ1n) is 5.79. The maximum Gasteiger partial charge on any atom is 0.335 e. The number of aliphatic hydroxyl groups excluding tert-OH is 1. The number of carboxylic acids is 1. The first-order chi connectivity index (χ1) is 8.06. The predicted molar refractivity (Wildman–Crippen MR) is 65.4 cm³/mol. The molecular weight excluding hydrogens is 218 g/mol. The Morgan fingerprint density at radius 1 is 1.47 bits per heavy atom. The quantitative estimate of drug-likeness (QED) is 0.746. The number of aliphatic hydroxyl groups is 1. The molecule has 0 saturated heterocycles. The maximum absolute atomic E-state index is 10.8. The number of aryl methyl sites for hydroxylation is 1. The van der Waals surface area contributed by atoms with Crippen molar-refractivity contribution >= 4 is 11.7 Å². The van der Waals surface area contributed by atoms with Gasteiger partial charge in [0, 0.05) is 5.69 Å². The third kappa shape index (κ3) is 2.26. The summed E-state index contributed by atoms with van der Waals surface area (Å²) in [7, 11) is 0. The summed E-state index contributed by atoms with van der Waals surface area (Å²) in [4.78, 5) is 10.8. The summed E-state index contributed by atoms with van der Waals surface area (Å²) in [5.74, 6) is -0.917. The maximum atomic E-state index is 10.8. The van der Waals surface area contributed by atoms with Crippen LogP contribution in [0, 0.1) is 6.92 Å². The molecule has 0 heterocycles. The summed E-state index contributed by atoms with van der Waals surface area (Å²) >= 11 is 0. The van der Waals surface area contributed by atoms with Crippen LogP contribution in [0.1, 0.15) is 35.2 Å². The minimum absolute atomic E-state index is 0.118. The number of hydrogen-bond donors (Lipinski definition) is 3. The molecule has 1 aliphatic rings. The van der Waals surface area contributed by atoms with Gasteiger partial charge >= 0.3 is 5.97 Å². The number of rotatable bonds is 4. The van der Waals surface area contributed by atoms with Gasteiger partial charge in [0.15, 0.2) is 0 Å². The zero-order valence-corrected chi connectivity index (χ0v) is 9.86. The molecule has 1 saturated carbocycles. The van der Waals surface area contributed by atoms with Crippen molar-refractivity contribution in [2.45, 2.75) is 31.7 Å². The molecule has 0 unspecified atom stereocenters. The van der Waals surface area contributed by atoms with Crippen molar-refractivity contribution in [3.8, 4) is 0 Å². The van der Waals surface area contributed by atoms with Crippen LogP contribution in [-0.4, -0.2) is 28.3 Å². The van der Waals surface area contributed by atoms with E-state index in [4.69, 9.17) is 5.11 Å². The van der Waals surface area contributed by atoms with Crippen molar-refractivity contribution in [2.24, 2.45) is 0 Å². The van der Waals surface area contributed by atoms with Crippen molar-refractivity contribution in [3.05, 3.63) is 29.3 Å². The second kappa shape index (κ2) is 4.37. The average Bonchev–Trinajstić information content (AvgIpc) is 2.25. The highest BCUT2D eigenvalue weighted by Crippen LogP contribution is 2.35. The van der Waals surface area contributed by atoms with E-state index in [-0.39, 0.29) is 12.1 Å². The van der Waals surface area contributed by atoms with Gasteiger partial charge in [0.05, 0.1) is 17.7 Å². The standard InChI is InChI=1S/C13H17NO3/c1-9-7-10(12(16)17)3-4-11(9)14-13(8-15)5-2-6-13/h3-4,7,14-15H,2,5-6,8H2,1H3,(H,16,17). The Bertz CT molecular complexity index is 433. The number of carboxylic acid groups (broad SMARTS) is 1. The highest BCUT2D eigenvalue weighted by molar-refractivity contribution is 5.88. The zero-order chi connectivity index (χ0) is 12.5. The minimum Gasteiger partial charge on any atom is -0.478 e. The van der Waals surface area contributed by atoms with Gasteiger partial charge in [-0.3, -0.25) is 0 Å². The summed E-state index contributed by atoms with van der Waals surface area (Å²) in [6, 6.07) is 5.00. The van der Waals surface area contributed by atoms with Crippen LogP contribution in [0.4, 0.5) is 5.69 Å². The molecule has 1 aromatic carbocycles. The van der Waals surface area contributed by atoms with Crippen LogP contribution in [0.15, 0.2) is 18.2 Å². The number of aromatic carboxylic acids is 1. The lowest BCUT2D eigenvalue weighted by Crippen LogP contribution is -2.48. The summed E-state index contributed by atoms with van der Waals surface area (Å²) < 4.78 is 0. The van der Waals surface area contributed by atoms with Crippen molar-refractivity contribution in [2.75, 3.05) is 11.9 Å². The third-order valence-electron chi connectivity index (χ3n) is 3.49. The number of carbonyl (C=O) groups is 1. The molecule has 4 nitrogen and oxygen atoms in total. The molecule has 0 radical (unpaired) electrons. The first-order valence-corrected chi connectivity index (χ1v) is 5.79. The average molecular weight is 235 g/mol. The van der Waals surface area contributed by atoms with Gasteiger partial charge in [0.25, 0.3) is 0 Å². The molecule has 92 valence electrons. The van der Waals surface area contributed by atoms with Gasteiger partial charge in [0.1, 0.15) is 0 Å². The fourth-order valence-electron chi connectivity index (χ4n) is 2.15. The van der Waals surface area contributed by atoms with Crippen LogP contribution in [0.25, 0.3) is 0 Å². The van der Waals surface area contributed by atoms with E-state index in [0.717, 1.165) is 30.5 Å². The summed E-state index contributed by atoms with van der Waals surface area (Å²) in [5.41, 5.74) is 1.89. The van der Waals surface area contributed by atoms with E-state index in [2.05, 4.69) is 5.32 Å². The predicted octanol–water partition coefficient (Wildman–Crippen LogP) is 2.02. The smallest absolute Gasteiger partial charge is 0.335 e. The summed E-state index contributed by atoms with van der Waals surface area (Å²) in [6.45, 7) is 1.99. The van der Waals surface area contributed by atoms with Gasteiger partial charge in [-0.1, -0.05) is 0 Å². The van der Waals surface area contributed by atoms with Gasteiger partial charge in [-0.25, -0.2) is 4.79 Å². The fourth-order valence-corrected chi connectivity index (χ4v) is 2.15. The fraction of sp³-hybridized carbons (Fsp3) is 0.462. The molecule has 0 spiro atoms. The second-order valence-electron chi connectivity index (χ2n) is 4.75. The minimum atomic E-state index is -0.917. The van der Waals surface area contributed by atoms with Crippen LogP contribution >= 0.6 is 0 Å². The van der Waals surface area contributed by atoms with Gasteiger partial charge < -0.3 is 15.5 Å². The van der Waals surface area contributed by atoms with E-state index >= 15 is 0 Å². The Morgan fingerprint density at radius 3 is 2.59 bits per heavy atom. The third-order valence-corrected chi connectivity index (χ3v) is 3.49. The molecule has 17 heavy (non-hydrogen) atoms. The molecular formula is C13H17NO3. The SMILES string of the molecule is Cc1cc(C(=O)O)ccc1NC1(CO)CCC1. The molecule has 1 aliphatic carbocycles. The molecule has 3 N–H and O–H groups in total. The van der Waals surface area contributed by atoms with Crippen molar-refractivity contribution in [3.63, 3.8) is 0 Å². The molecule has 4 heteroatoms. The molecule has 2 rings (SSSR count). The van der Waals surface area contributed by atoms with Gasteiger partial charge in [-0.15, -0.1) is 0 Å². The highest BCUT2D eigenvalue weighted by Gasteiger charge is 2.36. The van der Waals surface area contributed by atoms with Crippen molar-refractivity contribution < 1.29 is 15.0 Å². The second-order valence-corrected chi connectivity index (χ2v) is 4.75. The van der Waals surface area contributed by atoms with Crippen LogP contribution in [0.2, 0.25) is 0 Å². The van der Waals surface area contributed by atoms with Gasteiger partial charge in [0.2, 0.25) is 0 Å². The van der Waals surface area contributed by atoms with E-state index in [1.54, 1.807) is 18.2 Å². The molecule has 0 aliphatic heterocycles. The summed E-state index contributed by atoms with van der Waals surface area (Å²) in [5, 5.41) is 21.6. The lowest BCUT2D eigenvalue weighted by Gasteiger charge is -2.42. The largest absolute Gasteiger partial charge is 0.478 e. The van der Waals surface area contributed by atoms with E-state index < -0.39 is 5.97 Å². The van der Waals surface area contributed by atoms with Crippen LogP contribution < -0.4 is 5.32 Å². The highest BCUT2D eigenvalue weighted by atomic mass is 16.4. The molecule has 0 atom stereocenters. The number of anilines is 1. The Labute approximate surface area is 100 Å². The summed E-state index contributed by atoms with van der Waals surface area (Å²) in [6.07, 6.45) is 3.05. The molecule has 1 aromatic rings. The number of benzene rings is 1. The van der Waals surface area contributed by atoms with Crippen LogP contribution in [0.3, 0.4) is 0 Å². The number of nitrogens with one attached hydrogen (secondary N) is 1. The lowest BCUT2D eigenvalue weighted by atomic mass is 9.77. The van der Waals surface area contributed by atoms with Gasteiger partial charge in [-0.05, 0) is 49.9 Å². The van der Waals surface area contributed by atoms with Crippen molar-refractivity contribution in [1.29, 1.82) is 0 Å². The van der Waals surface area contributed by atoms with Crippen LogP contribution in [-0.2, 0) is 0 Å².